The van der Waals surface area contributed by atoms with E-state index in [9.17, 15) is 30.0 Å². The molecule has 0 bridgehead atoms. The van der Waals surface area contributed by atoms with Crippen molar-refractivity contribution in [3.8, 4) is 12.3 Å². The number of methoxy groups -OCH3 is 1. The number of ether oxygens (including phenoxy) is 2. The summed E-state index contributed by atoms with van der Waals surface area (Å²) in [7, 11) is 2.68. The molecule has 5 N–H and O–H groups in total. The smallest absolute Gasteiger partial charge is 0.348 e. The molecule has 0 aliphatic carbocycles. The van der Waals surface area contributed by atoms with Crippen LogP contribution in [0.5, 0.6) is 0 Å². The SMILES string of the molecule is C#C[C@@](O)([C@@H](COC(Cc1ccccc1)(C(=O)O)C(=O)O)OC)[C@@H](O)n1cnc2c(NC)nc(Cl)nc21. The summed E-state index contributed by atoms with van der Waals surface area (Å²) in [5, 5.41) is 44.6. The van der Waals surface area contributed by atoms with E-state index in [1.807, 2.05) is 5.92 Å². The number of aliphatic carboxylic acids is 2. The van der Waals surface area contributed by atoms with Crippen molar-refractivity contribution in [2.75, 3.05) is 26.1 Å². The molecular formula is C23H24ClN5O8. The second kappa shape index (κ2) is 11.1. The molecule has 196 valence electrons. The van der Waals surface area contributed by atoms with Gasteiger partial charge in [0.05, 0.1) is 12.9 Å². The molecular weight excluding hydrogens is 510 g/mol. The largest absolute Gasteiger partial charge is 0.479 e. The first-order valence-electron chi connectivity index (χ1n) is 10.7. The number of hydrogen-bond acceptors (Lipinski definition) is 10. The Morgan fingerprint density at radius 1 is 1.24 bits per heavy atom. The van der Waals surface area contributed by atoms with Crippen LogP contribution in [0.4, 0.5) is 5.82 Å². The Morgan fingerprint density at radius 2 is 1.89 bits per heavy atom. The predicted molar refractivity (Wildman–Crippen MR) is 130 cm³/mol. The lowest BCUT2D eigenvalue weighted by atomic mass is 9.92. The summed E-state index contributed by atoms with van der Waals surface area (Å²) in [5.41, 5.74) is -4.74. The van der Waals surface area contributed by atoms with Gasteiger partial charge in [-0.3, -0.25) is 4.57 Å². The minimum absolute atomic E-state index is 0.00999. The summed E-state index contributed by atoms with van der Waals surface area (Å²) >= 11 is 5.96. The summed E-state index contributed by atoms with van der Waals surface area (Å²) in [5.74, 6) is -1.29. The summed E-state index contributed by atoms with van der Waals surface area (Å²) in [6.07, 6.45) is 2.58. The highest BCUT2D eigenvalue weighted by Crippen LogP contribution is 2.31. The van der Waals surface area contributed by atoms with Gasteiger partial charge < -0.3 is 35.2 Å². The molecule has 0 amide bonds. The van der Waals surface area contributed by atoms with Crippen molar-refractivity contribution < 1.29 is 39.5 Å². The van der Waals surface area contributed by atoms with Gasteiger partial charge in [0.25, 0.3) is 5.60 Å². The van der Waals surface area contributed by atoms with Gasteiger partial charge in [-0.15, -0.1) is 6.42 Å². The van der Waals surface area contributed by atoms with E-state index in [2.05, 4.69) is 20.3 Å². The van der Waals surface area contributed by atoms with Crippen LogP contribution in [-0.4, -0.2) is 90.0 Å². The topological polar surface area (TPSA) is 189 Å². The lowest BCUT2D eigenvalue weighted by Crippen LogP contribution is -2.56. The van der Waals surface area contributed by atoms with Crippen LogP contribution in [0, 0.1) is 12.3 Å². The molecule has 0 saturated heterocycles. The van der Waals surface area contributed by atoms with E-state index in [-0.39, 0.29) is 22.3 Å². The number of fused-ring (bicyclic) bond motifs is 1. The Labute approximate surface area is 215 Å². The third-order valence-corrected chi connectivity index (χ3v) is 5.93. The number of aliphatic hydroxyl groups is 2. The second-order valence-corrected chi connectivity index (χ2v) is 8.23. The fourth-order valence-electron chi connectivity index (χ4n) is 3.68. The van der Waals surface area contributed by atoms with Gasteiger partial charge in [-0.2, -0.15) is 9.97 Å². The maximum atomic E-state index is 12.1. The number of anilines is 1. The highest BCUT2D eigenvalue weighted by Gasteiger charge is 2.51. The molecule has 2 aromatic heterocycles. The molecule has 0 saturated carbocycles. The number of nitrogens with one attached hydrogen (secondary N) is 1. The van der Waals surface area contributed by atoms with Crippen LogP contribution in [-0.2, 0) is 25.5 Å². The minimum Gasteiger partial charge on any atom is -0.479 e. The van der Waals surface area contributed by atoms with Crippen molar-refractivity contribution in [3.63, 3.8) is 0 Å². The number of carboxylic acids is 2. The number of rotatable bonds is 12. The van der Waals surface area contributed by atoms with Crippen molar-refractivity contribution in [2.45, 2.75) is 30.0 Å². The first kappa shape index (κ1) is 27.8. The monoisotopic (exact) mass is 533 g/mol. The predicted octanol–water partition coefficient (Wildman–Crippen LogP) is 0.559. The van der Waals surface area contributed by atoms with Gasteiger partial charge in [0.15, 0.2) is 28.8 Å². The van der Waals surface area contributed by atoms with E-state index in [1.54, 1.807) is 25.2 Å². The molecule has 1 aromatic carbocycles. The molecule has 3 aromatic rings. The van der Waals surface area contributed by atoms with Crippen LogP contribution in [0.2, 0.25) is 5.28 Å². The first-order chi connectivity index (χ1) is 17.5. The number of aliphatic hydroxyl groups excluding tert-OH is 1. The number of aromatic nitrogens is 4. The van der Waals surface area contributed by atoms with Gasteiger partial charge >= 0.3 is 11.9 Å². The normalized spacial score (nSPS) is 14.9. The standard InChI is InChI=1S/C23H24ClN5O8/c1-4-22(35,18(30)29-12-26-15-16(25-2)27-21(24)28-17(15)29)14(36-3)11-37-23(19(31)32,20(33)34)10-13-8-6-5-7-9-13/h1,5-9,12,14,18,30,35H,10-11H2,2-3H3,(H,31,32)(H,33,34)(H,25,27,28)/t14-,18-,22-/m1/s1. The Hall–Kier alpha value is -3.80. The van der Waals surface area contributed by atoms with Crippen LogP contribution < -0.4 is 5.32 Å². The van der Waals surface area contributed by atoms with Crippen LogP contribution >= 0.6 is 11.6 Å². The Bertz CT molecular complexity index is 1310. The molecule has 0 fully saturated rings. The van der Waals surface area contributed by atoms with Crippen LogP contribution in [0.15, 0.2) is 36.7 Å². The zero-order valence-corrected chi connectivity index (χ0v) is 20.5. The zero-order valence-electron chi connectivity index (χ0n) is 19.7. The van der Waals surface area contributed by atoms with Crippen molar-refractivity contribution in [2.24, 2.45) is 0 Å². The summed E-state index contributed by atoms with van der Waals surface area (Å²) in [6, 6.07) is 7.98. The van der Waals surface area contributed by atoms with E-state index in [0.717, 1.165) is 18.0 Å². The third kappa shape index (κ3) is 5.19. The Kier molecular flexibility index (Phi) is 8.32. The molecule has 2 heterocycles. The molecule has 0 radical (unpaired) electrons. The van der Waals surface area contributed by atoms with Crippen molar-refractivity contribution in [1.29, 1.82) is 0 Å². The van der Waals surface area contributed by atoms with E-state index in [4.69, 9.17) is 27.5 Å². The van der Waals surface area contributed by atoms with Crippen LogP contribution in [0.1, 0.15) is 11.8 Å². The van der Waals surface area contributed by atoms with E-state index < -0.39 is 48.5 Å². The number of imidazole rings is 1. The van der Waals surface area contributed by atoms with Crippen molar-refractivity contribution in [3.05, 3.63) is 47.5 Å². The van der Waals surface area contributed by atoms with Gasteiger partial charge in [0.2, 0.25) is 5.28 Å². The van der Waals surface area contributed by atoms with Gasteiger partial charge in [-0.25, -0.2) is 14.6 Å². The number of benzene rings is 1. The number of nitrogens with zero attached hydrogens (tertiary/aromatic N) is 4. The van der Waals surface area contributed by atoms with Gasteiger partial charge in [-0.05, 0) is 17.2 Å². The average molecular weight is 534 g/mol. The van der Waals surface area contributed by atoms with E-state index in [1.165, 1.54) is 12.1 Å². The number of carboxylic acid groups (broad SMARTS) is 2. The molecule has 14 heteroatoms. The average Bonchev–Trinajstić information content (AvgIpc) is 3.30. The van der Waals surface area contributed by atoms with Crippen molar-refractivity contribution >= 4 is 40.5 Å². The Morgan fingerprint density at radius 3 is 2.43 bits per heavy atom. The third-order valence-electron chi connectivity index (χ3n) is 5.76. The summed E-state index contributed by atoms with van der Waals surface area (Å²) in [4.78, 5) is 36.3. The fourth-order valence-corrected chi connectivity index (χ4v) is 3.85. The Balaban J connectivity index is 1.96. The molecule has 37 heavy (non-hydrogen) atoms. The number of carbonyl (C=O) groups is 2. The lowest BCUT2D eigenvalue weighted by molar-refractivity contribution is -0.202. The fraction of sp³-hybridized carbons (Fsp3) is 0.348. The molecule has 0 unspecified atom stereocenters. The minimum atomic E-state index is -2.75. The molecule has 0 aliphatic rings. The van der Waals surface area contributed by atoms with Gasteiger partial charge in [0.1, 0.15) is 6.10 Å². The molecule has 13 nitrogen and oxygen atoms in total. The van der Waals surface area contributed by atoms with Crippen LogP contribution in [0.3, 0.4) is 0 Å². The maximum absolute atomic E-state index is 12.1. The molecule has 3 rings (SSSR count). The lowest BCUT2D eigenvalue weighted by Gasteiger charge is -2.36. The number of terminal acetylenes is 1. The molecule has 0 spiro atoms. The molecule has 0 aliphatic heterocycles. The molecule has 3 atom stereocenters. The summed E-state index contributed by atoms with van der Waals surface area (Å²) < 4.78 is 11.7. The zero-order chi connectivity index (χ0) is 27.4. The summed E-state index contributed by atoms with van der Waals surface area (Å²) in [6.45, 7) is -0.830. The van der Waals surface area contributed by atoms with E-state index >= 15 is 0 Å². The van der Waals surface area contributed by atoms with Gasteiger partial charge in [-0.1, -0.05) is 36.3 Å². The highest BCUT2D eigenvalue weighted by molar-refractivity contribution is 6.28. The number of halogens is 1. The van der Waals surface area contributed by atoms with Gasteiger partial charge in [0, 0.05) is 20.6 Å². The first-order valence-corrected chi connectivity index (χ1v) is 11.0. The second-order valence-electron chi connectivity index (χ2n) is 7.89. The number of hydrogen-bond donors (Lipinski definition) is 5. The maximum Gasteiger partial charge on any atom is 0.348 e. The quantitative estimate of drug-likeness (QED) is 0.124. The van der Waals surface area contributed by atoms with Crippen LogP contribution in [0.25, 0.3) is 11.2 Å². The van der Waals surface area contributed by atoms with Crippen molar-refractivity contribution in [1.82, 2.24) is 19.5 Å². The highest BCUT2D eigenvalue weighted by atomic mass is 35.5. The van der Waals surface area contributed by atoms with E-state index in [0.29, 0.717) is 5.56 Å².